The van der Waals surface area contributed by atoms with Crippen LogP contribution in [0.25, 0.3) is 0 Å². The van der Waals surface area contributed by atoms with E-state index in [-0.39, 0.29) is 11.1 Å². The third-order valence-electron chi connectivity index (χ3n) is 1.94. The van der Waals surface area contributed by atoms with E-state index in [1.165, 1.54) is 11.8 Å². The SMILES string of the molecule is O=S1(=O)CCC2=C1SC=CC2Cl. The van der Waals surface area contributed by atoms with Crippen molar-refractivity contribution in [2.24, 2.45) is 0 Å². The lowest BCUT2D eigenvalue weighted by molar-refractivity contribution is 0.606. The van der Waals surface area contributed by atoms with Gasteiger partial charge in [-0.1, -0.05) is 17.8 Å². The molecule has 0 aromatic heterocycles. The van der Waals surface area contributed by atoms with Crippen LogP contribution in [0.3, 0.4) is 0 Å². The van der Waals surface area contributed by atoms with E-state index >= 15 is 0 Å². The average Bonchev–Trinajstić information content (AvgIpc) is 2.30. The molecule has 0 spiro atoms. The molecule has 2 rings (SSSR count). The van der Waals surface area contributed by atoms with Gasteiger partial charge in [-0.2, -0.15) is 0 Å². The van der Waals surface area contributed by atoms with Crippen molar-refractivity contribution >= 4 is 33.2 Å². The molecule has 0 aromatic rings. The van der Waals surface area contributed by atoms with Gasteiger partial charge in [-0.05, 0) is 17.4 Å². The minimum atomic E-state index is -2.97. The van der Waals surface area contributed by atoms with Gasteiger partial charge in [0.25, 0.3) is 0 Å². The van der Waals surface area contributed by atoms with Crippen molar-refractivity contribution in [3.05, 3.63) is 21.3 Å². The van der Waals surface area contributed by atoms with Gasteiger partial charge in [-0.15, -0.1) is 11.6 Å². The van der Waals surface area contributed by atoms with E-state index in [2.05, 4.69) is 0 Å². The molecule has 0 aliphatic carbocycles. The number of thioether (sulfide) groups is 1. The third-order valence-corrected chi connectivity index (χ3v) is 5.74. The predicted molar refractivity (Wildman–Crippen MR) is 51.8 cm³/mol. The summed E-state index contributed by atoms with van der Waals surface area (Å²) in [6, 6.07) is 0. The summed E-state index contributed by atoms with van der Waals surface area (Å²) in [6.45, 7) is 0. The summed E-state index contributed by atoms with van der Waals surface area (Å²) in [7, 11) is -2.97. The summed E-state index contributed by atoms with van der Waals surface area (Å²) in [5.41, 5.74) is 0.879. The van der Waals surface area contributed by atoms with E-state index in [9.17, 15) is 8.42 Å². The number of rotatable bonds is 0. The first-order chi connectivity index (χ1) is 5.61. The molecule has 1 atom stereocenters. The molecule has 0 radical (unpaired) electrons. The predicted octanol–water partition coefficient (Wildman–Crippen LogP) is 1.88. The highest BCUT2D eigenvalue weighted by Crippen LogP contribution is 2.41. The molecule has 12 heavy (non-hydrogen) atoms. The molecular weight excluding hydrogens is 216 g/mol. The van der Waals surface area contributed by atoms with E-state index in [1.54, 1.807) is 5.41 Å². The van der Waals surface area contributed by atoms with Gasteiger partial charge >= 0.3 is 0 Å². The van der Waals surface area contributed by atoms with E-state index in [4.69, 9.17) is 11.6 Å². The molecule has 2 aliphatic rings. The van der Waals surface area contributed by atoms with Crippen LogP contribution >= 0.6 is 23.4 Å². The highest BCUT2D eigenvalue weighted by molar-refractivity contribution is 8.20. The number of sulfone groups is 1. The fourth-order valence-corrected chi connectivity index (χ4v) is 4.88. The topological polar surface area (TPSA) is 34.1 Å². The fraction of sp³-hybridized carbons (Fsp3) is 0.429. The zero-order valence-electron chi connectivity index (χ0n) is 6.16. The van der Waals surface area contributed by atoms with Crippen LogP contribution in [-0.4, -0.2) is 19.5 Å². The standard InChI is InChI=1S/C7H7ClO2S2/c8-6-1-3-11-7-5(6)2-4-12(7,9)10/h1,3,6H,2,4H2. The Morgan fingerprint density at radius 3 is 3.00 bits per heavy atom. The van der Waals surface area contributed by atoms with Crippen molar-refractivity contribution in [1.82, 2.24) is 0 Å². The molecule has 2 nitrogen and oxygen atoms in total. The Morgan fingerprint density at radius 1 is 1.58 bits per heavy atom. The molecule has 0 aromatic carbocycles. The molecule has 0 saturated carbocycles. The Kier molecular flexibility index (Phi) is 2.01. The lowest BCUT2D eigenvalue weighted by Gasteiger charge is -2.11. The Labute approximate surface area is 80.6 Å². The van der Waals surface area contributed by atoms with Crippen LogP contribution in [0.15, 0.2) is 21.3 Å². The molecule has 0 saturated heterocycles. The number of alkyl halides is 1. The molecule has 2 aliphatic heterocycles. The van der Waals surface area contributed by atoms with E-state index in [0.717, 1.165) is 5.57 Å². The second-order valence-electron chi connectivity index (χ2n) is 2.73. The summed E-state index contributed by atoms with van der Waals surface area (Å²) in [5.74, 6) is 0.232. The molecule has 0 bridgehead atoms. The lowest BCUT2D eigenvalue weighted by atomic mass is 10.1. The van der Waals surface area contributed by atoms with Crippen LogP contribution in [0.1, 0.15) is 6.42 Å². The van der Waals surface area contributed by atoms with Crippen LogP contribution in [-0.2, 0) is 9.84 Å². The number of hydrogen-bond acceptors (Lipinski definition) is 3. The van der Waals surface area contributed by atoms with Gasteiger partial charge < -0.3 is 0 Å². The highest BCUT2D eigenvalue weighted by Gasteiger charge is 2.33. The lowest BCUT2D eigenvalue weighted by Crippen LogP contribution is -2.03. The maximum atomic E-state index is 11.4. The first-order valence-electron chi connectivity index (χ1n) is 3.54. The molecule has 66 valence electrons. The van der Waals surface area contributed by atoms with Crippen LogP contribution in [0.5, 0.6) is 0 Å². The van der Waals surface area contributed by atoms with Crippen molar-refractivity contribution in [2.75, 3.05) is 5.75 Å². The van der Waals surface area contributed by atoms with Gasteiger partial charge in [0.15, 0.2) is 9.84 Å². The minimum absolute atomic E-state index is 0.210. The molecular formula is C7H7ClO2S2. The highest BCUT2D eigenvalue weighted by atomic mass is 35.5. The van der Waals surface area contributed by atoms with Crippen molar-refractivity contribution in [2.45, 2.75) is 11.8 Å². The van der Waals surface area contributed by atoms with Gasteiger partial charge in [-0.3, -0.25) is 0 Å². The first-order valence-corrected chi connectivity index (χ1v) is 6.51. The van der Waals surface area contributed by atoms with E-state index in [1.807, 2.05) is 6.08 Å². The van der Waals surface area contributed by atoms with E-state index < -0.39 is 9.84 Å². The minimum Gasteiger partial charge on any atom is -0.223 e. The summed E-state index contributed by atoms with van der Waals surface area (Å²) < 4.78 is 23.2. The quantitative estimate of drug-likeness (QED) is 0.587. The molecule has 0 N–H and O–H groups in total. The maximum absolute atomic E-state index is 11.4. The Balaban J connectivity index is 2.49. The maximum Gasteiger partial charge on any atom is 0.185 e. The van der Waals surface area contributed by atoms with Crippen molar-refractivity contribution in [1.29, 1.82) is 0 Å². The first kappa shape index (κ1) is 8.66. The molecule has 1 unspecified atom stereocenters. The van der Waals surface area contributed by atoms with Gasteiger partial charge in [-0.25, -0.2) is 8.42 Å². The Bertz CT molecular complexity index is 367. The summed E-state index contributed by atoms with van der Waals surface area (Å²) in [4.78, 5) is 0. The summed E-state index contributed by atoms with van der Waals surface area (Å²) >= 11 is 7.19. The number of hydrogen-bond donors (Lipinski definition) is 0. The molecule has 5 heteroatoms. The smallest absolute Gasteiger partial charge is 0.185 e. The third kappa shape index (κ3) is 1.22. The zero-order chi connectivity index (χ0) is 8.77. The average molecular weight is 223 g/mol. The van der Waals surface area contributed by atoms with Crippen LogP contribution in [0.4, 0.5) is 0 Å². The Hall–Kier alpha value is 0.0700. The van der Waals surface area contributed by atoms with Gasteiger partial charge in [0.05, 0.1) is 11.1 Å². The summed E-state index contributed by atoms with van der Waals surface area (Å²) in [6.07, 6.45) is 2.43. The van der Waals surface area contributed by atoms with Crippen molar-refractivity contribution in [3.8, 4) is 0 Å². The van der Waals surface area contributed by atoms with Crippen LogP contribution < -0.4 is 0 Å². The largest absolute Gasteiger partial charge is 0.223 e. The van der Waals surface area contributed by atoms with Gasteiger partial charge in [0.2, 0.25) is 0 Å². The van der Waals surface area contributed by atoms with E-state index in [0.29, 0.717) is 10.7 Å². The van der Waals surface area contributed by atoms with Crippen molar-refractivity contribution in [3.63, 3.8) is 0 Å². The molecule has 0 fully saturated rings. The van der Waals surface area contributed by atoms with Crippen LogP contribution in [0, 0.1) is 0 Å². The number of allylic oxidation sites excluding steroid dienone is 2. The number of halogens is 1. The molecule has 0 amide bonds. The zero-order valence-corrected chi connectivity index (χ0v) is 8.55. The Morgan fingerprint density at radius 2 is 2.33 bits per heavy atom. The second-order valence-corrected chi connectivity index (χ2v) is 6.42. The monoisotopic (exact) mass is 222 g/mol. The second kappa shape index (κ2) is 2.79. The van der Waals surface area contributed by atoms with Crippen molar-refractivity contribution < 1.29 is 8.42 Å². The normalized spacial score (nSPS) is 32.2. The summed E-state index contributed by atoms with van der Waals surface area (Å²) in [5, 5.41) is 1.54. The van der Waals surface area contributed by atoms with Gasteiger partial charge in [0, 0.05) is 0 Å². The fourth-order valence-electron chi connectivity index (χ4n) is 1.32. The molecule has 2 heterocycles. The van der Waals surface area contributed by atoms with Crippen LogP contribution in [0.2, 0.25) is 0 Å². The van der Waals surface area contributed by atoms with Gasteiger partial charge in [0.1, 0.15) is 4.24 Å².